The van der Waals surface area contributed by atoms with Crippen LogP contribution in [0.25, 0.3) is 22.6 Å². The molecule has 8 nitrogen and oxygen atoms in total. The van der Waals surface area contributed by atoms with Crippen LogP contribution in [0.1, 0.15) is 20.2 Å². The van der Waals surface area contributed by atoms with Crippen LogP contribution in [0.5, 0.6) is 0 Å². The van der Waals surface area contributed by atoms with Crippen molar-refractivity contribution in [3.8, 4) is 11.5 Å². The van der Waals surface area contributed by atoms with E-state index in [1.807, 2.05) is 10.3 Å². The molecule has 0 N–H and O–H groups in total. The van der Waals surface area contributed by atoms with Crippen molar-refractivity contribution in [1.82, 2.24) is 24.7 Å². The highest BCUT2D eigenvalue weighted by atomic mass is 32.1. The summed E-state index contributed by atoms with van der Waals surface area (Å²) in [6.45, 7) is 4.09. The van der Waals surface area contributed by atoms with Gasteiger partial charge in [-0.2, -0.15) is 0 Å². The monoisotopic (exact) mass is 491 g/mol. The molecule has 2 aliphatic heterocycles. The lowest BCUT2D eigenvalue weighted by atomic mass is 10.0. The number of carbonyl (C=O) groups excluding carboxylic acids is 2. The summed E-state index contributed by atoms with van der Waals surface area (Å²) in [5, 5.41) is 2.34. The Morgan fingerprint density at radius 3 is 2.51 bits per heavy atom. The molecule has 2 amide bonds. The number of benzene rings is 2. The second-order valence-electron chi connectivity index (χ2n) is 8.68. The van der Waals surface area contributed by atoms with E-state index in [1.165, 1.54) is 17.4 Å². The first-order valence-electron chi connectivity index (χ1n) is 11.4. The number of likely N-dealkylation sites (tertiary alicyclic amines) is 1. The molecular formula is C25H22FN5O3S. The first kappa shape index (κ1) is 21.9. The molecule has 2 aliphatic rings. The van der Waals surface area contributed by atoms with E-state index >= 15 is 0 Å². The molecule has 178 valence electrons. The van der Waals surface area contributed by atoms with Gasteiger partial charge in [-0.05, 0) is 24.3 Å². The average Bonchev–Trinajstić information content (AvgIpc) is 3.53. The minimum atomic E-state index is -0.425. The van der Waals surface area contributed by atoms with Gasteiger partial charge in [-0.3, -0.25) is 14.5 Å². The third kappa shape index (κ3) is 3.98. The highest BCUT2D eigenvalue weighted by Gasteiger charge is 2.38. The van der Waals surface area contributed by atoms with Gasteiger partial charge in [0.2, 0.25) is 5.89 Å². The number of thiazole rings is 1. The van der Waals surface area contributed by atoms with E-state index in [9.17, 15) is 14.0 Å². The van der Waals surface area contributed by atoms with Gasteiger partial charge < -0.3 is 14.2 Å². The summed E-state index contributed by atoms with van der Waals surface area (Å²) in [6.07, 6.45) is 1.65. The van der Waals surface area contributed by atoms with Crippen LogP contribution >= 0.6 is 11.3 Å². The fourth-order valence-electron chi connectivity index (χ4n) is 4.65. The van der Waals surface area contributed by atoms with Crippen LogP contribution in [0, 0.1) is 5.82 Å². The van der Waals surface area contributed by atoms with Gasteiger partial charge in [0.15, 0.2) is 10.6 Å². The van der Waals surface area contributed by atoms with E-state index in [-0.39, 0.29) is 29.3 Å². The van der Waals surface area contributed by atoms with Crippen LogP contribution < -0.4 is 0 Å². The Balaban J connectivity index is 1.10. The van der Waals surface area contributed by atoms with Gasteiger partial charge >= 0.3 is 0 Å². The molecular weight excluding hydrogens is 469 g/mol. The zero-order valence-electron chi connectivity index (χ0n) is 18.8. The fraction of sp³-hybridized carbons (Fsp3) is 0.280. The number of halogens is 1. The number of nitrogens with zero attached hydrogens (tertiary/aromatic N) is 5. The van der Waals surface area contributed by atoms with E-state index in [0.717, 1.165) is 13.1 Å². The molecule has 2 aromatic heterocycles. The Hall–Kier alpha value is -3.63. The molecule has 0 spiro atoms. The number of carbonyl (C=O) groups is 2. The molecule has 0 unspecified atom stereocenters. The third-order valence-electron chi connectivity index (χ3n) is 6.64. The van der Waals surface area contributed by atoms with Crippen LogP contribution in [-0.2, 0) is 0 Å². The Labute approximate surface area is 204 Å². The van der Waals surface area contributed by atoms with E-state index in [4.69, 9.17) is 4.42 Å². The molecule has 0 aliphatic carbocycles. The van der Waals surface area contributed by atoms with Gasteiger partial charge in [-0.1, -0.05) is 18.2 Å². The van der Waals surface area contributed by atoms with Gasteiger partial charge in [0.25, 0.3) is 11.8 Å². The normalized spacial score (nSPS) is 17.1. The summed E-state index contributed by atoms with van der Waals surface area (Å²) >= 11 is 1.36. The summed E-state index contributed by atoms with van der Waals surface area (Å²) in [6, 6.07) is 11.8. The van der Waals surface area contributed by atoms with E-state index in [1.54, 1.807) is 47.5 Å². The smallest absolute Gasteiger partial charge is 0.282 e. The Bertz CT molecular complexity index is 1390. The lowest BCUT2D eigenvalue weighted by molar-refractivity contribution is 0.00862. The van der Waals surface area contributed by atoms with Crippen molar-refractivity contribution in [3.63, 3.8) is 0 Å². The van der Waals surface area contributed by atoms with Crippen molar-refractivity contribution < 1.29 is 18.4 Å². The maximum Gasteiger partial charge on any atom is 0.282 e. The topological polar surface area (TPSA) is 82.8 Å². The predicted molar refractivity (Wildman–Crippen MR) is 129 cm³/mol. The number of oxazole rings is 1. The van der Waals surface area contributed by atoms with Crippen LogP contribution in [0.15, 0.2) is 58.5 Å². The Kier molecular flexibility index (Phi) is 5.54. The number of hydrogen-bond donors (Lipinski definition) is 0. The molecule has 0 bridgehead atoms. The first-order chi connectivity index (χ1) is 17.1. The summed E-state index contributed by atoms with van der Waals surface area (Å²) in [7, 11) is 0. The predicted octanol–water partition coefficient (Wildman–Crippen LogP) is 3.37. The average molecular weight is 492 g/mol. The molecule has 0 saturated carbocycles. The molecule has 2 fully saturated rings. The third-order valence-corrected chi connectivity index (χ3v) is 7.40. The van der Waals surface area contributed by atoms with Gasteiger partial charge in [-0.15, -0.1) is 11.3 Å². The Morgan fingerprint density at radius 2 is 1.77 bits per heavy atom. The van der Waals surface area contributed by atoms with E-state index in [0.29, 0.717) is 47.8 Å². The highest BCUT2D eigenvalue weighted by Crippen LogP contribution is 2.29. The summed E-state index contributed by atoms with van der Waals surface area (Å²) in [4.78, 5) is 40.3. The second-order valence-corrected chi connectivity index (χ2v) is 9.58. The van der Waals surface area contributed by atoms with Crippen LogP contribution in [0.2, 0.25) is 0 Å². The van der Waals surface area contributed by atoms with Gasteiger partial charge in [0, 0.05) is 56.9 Å². The molecule has 4 heterocycles. The molecule has 2 aromatic carbocycles. The molecule has 35 heavy (non-hydrogen) atoms. The SMILES string of the molecule is O=C(c1nccs1)N1CCN(C2CN(C(=O)c3cccc4oc(-c5ccccc5F)nc34)C2)CC1. The quantitative estimate of drug-likeness (QED) is 0.435. The molecule has 10 heteroatoms. The maximum absolute atomic E-state index is 14.2. The summed E-state index contributed by atoms with van der Waals surface area (Å²) in [5.41, 5.74) is 1.60. The van der Waals surface area contributed by atoms with E-state index in [2.05, 4.69) is 14.9 Å². The Morgan fingerprint density at radius 1 is 0.971 bits per heavy atom. The zero-order chi connectivity index (χ0) is 23.9. The number of aromatic nitrogens is 2. The number of fused-ring (bicyclic) bond motifs is 1. The molecule has 2 saturated heterocycles. The van der Waals surface area contributed by atoms with Crippen LogP contribution in [-0.4, -0.2) is 81.8 Å². The van der Waals surface area contributed by atoms with Crippen molar-refractivity contribution in [1.29, 1.82) is 0 Å². The molecule has 6 rings (SSSR count). The van der Waals surface area contributed by atoms with Gasteiger partial charge in [0.05, 0.1) is 11.1 Å². The van der Waals surface area contributed by atoms with Crippen LogP contribution in [0.3, 0.4) is 0 Å². The molecule has 0 radical (unpaired) electrons. The molecule has 0 atom stereocenters. The summed E-state index contributed by atoms with van der Waals surface area (Å²) in [5.74, 6) is -0.394. The van der Waals surface area contributed by atoms with Crippen molar-refractivity contribution in [2.75, 3.05) is 39.3 Å². The lowest BCUT2D eigenvalue weighted by Crippen LogP contribution is -2.64. The first-order valence-corrected chi connectivity index (χ1v) is 12.3. The zero-order valence-corrected chi connectivity index (χ0v) is 19.6. The fourth-order valence-corrected chi connectivity index (χ4v) is 5.25. The van der Waals surface area contributed by atoms with Crippen molar-refractivity contribution in [2.45, 2.75) is 6.04 Å². The van der Waals surface area contributed by atoms with Crippen LogP contribution in [0.4, 0.5) is 4.39 Å². The number of rotatable bonds is 4. The van der Waals surface area contributed by atoms with Gasteiger partial charge in [0.1, 0.15) is 11.3 Å². The number of amides is 2. The highest BCUT2D eigenvalue weighted by molar-refractivity contribution is 7.11. The van der Waals surface area contributed by atoms with Crippen molar-refractivity contribution in [2.24, 2.45) is 0 Å². The van der Waals surface area contributed by atoms with E-state index < -0.39 is 5.82 Å². The maximum atomic E-state index is 14.2. The minimum Gasteiger partial charge on any atom is -0.436 e. The summed E-state index contributed by atoms with van der Waals surface area (Å²) < 4.78 is 20.0. The van der Waals surface area contributed by atoms with Gasteiger partial charge in [-0.25, -0.2) is 14.4 Å². The number of para-hydroxylation sites is 1. The minimum absolute atomic E-state index is 0.0134. The largest absolute Gasteiger partial charge is 0.436 e. The standard InChI is InChI=1S/C25H22FN5O3S/c26-19-6-2-1-4-17(19)22-28-21-18(5-3-7-20(21)34-22)24(32)31-14-16(15-31)29-9-11-30(12-10-29)25(33)23-27-8-13-35-23/h1-8,13,16H,9-12,14-15H2. The number of hydrogen-bond acceptors (Lipinski definition) is 7. The van der Waals surface area contributed by atoms with Crippen molar-refractivity contribution >= 4 is 34.3 Å². The van der Waals surface area contributed by atoms with Crippen molar-refractivity contribution in [3.05, 3.63) is 70.4 Å². The molecule has 4 aromatic rings. The lowest BCUT2D eigenvalue weighted by Gasteiger charge is -2.48. The second kappa shape index (κ2) is 8.86. The number of piperazine rings is 1.